The van der Waals surface area contributed by atoms with E-state index in [0.717, 1.165) is 15.4 Å². The van der Waals surface area contributed by atoms with Crippen LogP contribution in [0.2, 0.25) is 0 Å². The van der Waals surface area contributed by atoms with E-state index in [2.05, 4.69) is 5.32 Å². The summed E-state index contributed by atoms with van der Waals surface area (Å²) >= 11 is 0. The molecule has 5 nitrogen and oxygen atoms in total. The normalized spacial score (nSPS) is 11.0. The fourth-order valence-electron chi connectivity index (χ4n) is 1.85. The van der Waals surface area contributed by atoms with Crippen LogP contribution in [-0.4, -0.2) is 25.8 Å². The number of nitrogens with zero attached hydrogens (tertiary/aromatic N) is 1. The van der Waals surface area contributed by atoms with Crippen molar-refractivity contribution in [3.63, 3.8) is 0 Å². The molecule has 0 spiro atoms. The van der Waals surface area contributed by atoms with Crippen molar-refractivity contribution in [1.29, 1.82) is 0 Å². The minimum atomic E-state index is -3.83. The van der Waals surface area contributed by atoms with Gasteiger partial charge in [-0.15, -0.1) is 0 Å². The summed E-state index contributed by atoms with van der Waals surface area (Å²) in [5, 5.41) is 2.60. The number of nitrogens with one attached hydrogen (secondary N) is 1. The van der Waals surface area contributed by atoms with E-state index in [1.165, 1.54) is 19.2 Å². The number of benzene rings is 2. The number of aryl methyl sites for hydroxylation is 1. The molecule has 0 saturated carbocycles. The number of urea groups is 1. The van der Waals surface area contributed by atoms with Crippen molar-refractivity contribution in [2.75, 3.05) is 7.05 Å². The fraction of sp³-hybridized carbons (Fsp3) is 0.188. The largest absolute Gasteiger partial charge is 0.333 e. The average molecular weight is 318 g/mol. The molecule has 0 heterocycles. The number of hydrogen-bond acceptors (Lipinski definition) is 3. The van der Waals surface area contributed by atoms with Gasteiger partial charge in [-0.3, -0.25) is 0 Å². The number of hydrogen-bond donors (Lipinski definition) is 1. The van der Waals surface area contributed by atoms with E-state index >= 15 is 0 Å². The van der Waals surface area contributed by atoms with E-state index in [-0.39, 0.29) is 11.4 Å². The second kappa shape index (κ2) is 6.62. The van der Waals surface area contributed by atoms with Gasteiger partial charge in [0, 0.05) is 13.6 Å². The molecule has 116 valence electrons. The van der Waals surface area contributed by atoms with Crippen LogP contribution in [0, 0.1) is 6.92 Å². The number of carbonyl (C=O) groups is 1. The van der Waals surface area contributed by atoms with E-state index in [0.29, 0.717) is 0 Å². The summed E-state index contributed by atoms with van der Waals surface area (Å²) in [5.74, 6) is 0. The molecule has 0 atom stereocenters. The maximum atomic E-state index is 12.3. The molecule has 0 aliphatic rings. The maximum Gasteiger partial charge on any atom is 0.331 e. The molecule has 2 rings (SSSR count). The van der Waals surface area contributed by atoms with Crippen LogP contribution in [-0.2, 0) is 16.6 Å². The van der Waals surface area contributed by atoms with Crippen LogP contribution >= 0.6 is 0 Å². The first-order chi connectivity index (χ1) is 10.4. The van der Waals surface area contributed by atoms with Gasteiger partial charge in [0.1, 0.15) is 0 Å². The molecule has 22 heavy (non-hydrogen) atoms. The number of sulfonamides is 1. The molecule has 2 aromatic rings. The quantitative estimate of drug-likeness (QED) is 0.942. The molecule has 0 saturated heterocycles. The average Bonchev–Trinajstić information content (AvgIpc) is 2.54. The van der Waals surface area contributed by atoms with Crippen molar-refractivity contribution >= 4 is 16.1 Å². The van der Waals surface area contributed by atoms with Gasteiger partial charge in [-0.05, 0) is 24.6 Å². The number of carbonyl (C=O) groups excluding carboxylic acids is 1. The summed E-state index contributed by atoms with van der Waals surface area (Å²) in [5.41, 5.74) is 2.03. The number of amides is 2. The molecule has 1 N–H and O–H groups in total. The van der Waals surface area contributed by atoms with E-state index in [4.69, 9.17) is 0 Å². The lowest BCUT2D eigenvalue weighted by Crippen LogP contribution is -2.40. The van der Waals surface area contributed by atoms with Gasteiger partial charge in [-0.1, -0.05) is 48.0 Å². The molecule has 2 aromatic carbocycles. The molecular weight excluding hydrogens is 300 g/mol. The predicted octanol–water partition coefficient (Wildman–Crippen LogP) is 2.53. The molecule has 6 heteroatoms. The van der Waals surface area contributed by atoms with Gasteiger partial charge in [0.15, 0.2) is 0 Å². The highest BCUT2D eigenvalue weighted by atomic mass is 32.2. The first kappa shape index (κ1) is 16.0. The summed E-state index contributed by atoms with van der Waals surface area (Å²) in [6, 6.07) is 14.9. The Kier molecular flexibility index (Phi) is 4.82. The van der Waals surface area contributed by atoms with Crippen LogP contribution in [0.5, 0.6) is 0 Å². The van der Waals surface area contributed by atoms with Crippen molar-refractivity contribution in [2.45, 2.75) is 18.4 Å². The zero-order valence-corrected chi connectivity index (χ0v) is 13.3. The Labute approximate surface area is 130 Å². The van der Waals surface area contributed by atoms with Crippen LogP contribution in [0.4, 0.5) is 4.79 Å². The summed E-state index contributed by atoms with van der Waals surface area (Å²) in [6.45, 7) is 2.25. The second-order valence-corrected chi connectivity index (χ2v) is 6.90. The first-order valence-electron chi connectivity index (χ1n) is 6.78. The highest BCUT2D eigenvalue weighted by Gasteiger charge is 2.24. The highest BCUT2D eigenvalue weighted by Crippen LogP contribution is 2.13. The van der Waals surface area contributed by atoms with Gasteiger partial charge in [-0.25, -0.2) is 17.5 Å². The van der Waals surface area contributed by atoms with Crippen LogP contribution in [0.3, 0.4) is 0 Å². The SMILES string of the molecule is Cc1ccc(CNC(=O)N(C)S(=O)(=O)c2ccccc2)cc1. The molecule has 0 unspecified atom stereocenters. The van der Waals surface area contributed by atoms with Crippen molar-refractivity contribution in [2.24, 2.45) is 0 Å². The fourth-order valence-corrected chi connectivity index (χ4v) is 2.95. The predicted molar refractivity (Wildman–Crippen MR) is 84.8 cm³/mol. The lowest BCUT2D eigenvalue weighted by Gasteiger charge is -2.18. The summed E-state index contributed by atoms with van der Waals surface area (Å²) in [6.07, 6.45) is 0. The topological polar surface area (TPSA) is 66.5 Å². The first-order valence-corrected chi connectivity index (χ1v) is 8.22. The van der Waals surface area contributed by atoms with Gasteiger partial charge >= 0.3 is 6.03 Å². The minimum Gasteiger partial charge on any atom is -0.333 e. The molecule has 2 amide bonds. The van der Waals surface area contributed by atoms with Crippen LogP contribution in [0.1, 0.15) is 11.1 Å². The Morgan fingerprint density at radius 3 is 2.23 bits per heavy atom. The van der Waals surface area contributed by atoms with Gasteiger partial charge in [0.05, 0.1) is 4.90 Å². The standard InChI is InChI=1S/C16H18N2O3S/c1-13-8-10-14(11-9-13)12-17-16(19)18(2)22(20,21)15-6-4-3-5-7-15/h3-11H,12H2,1-2H3,(H,17,19). The van der Waals surface area contributed by atoms with Crippen molar-refractivity contribution < 1.29 is 13.2 Å². The third-order valence-electron chi connectivity index (χ3n) is 3.25. The third-order valence-corrected chi connectivity index (χ3v) is 5.01. The maximum absolute atomic E-state index is 12.3. The monoisotopic (exact) mass is 318 g/mol. The molecular formula is C16H18N2O3S. The molecule has 0 aliphatic heterocycles. The smallest absolute Gasteiger partial charge is 0.331 e. The van der Waals surface area contributed by atoms with Crippen LogP contribution < -0.4 is 5.32 Å². The summed E-state index contributed by atoms with van der Waals surface area (Å²) in [4.78, 5) is 12.1. The minimum absolute atomic E-state index is 0.0861. The van der Waals surface area contributed by atoms with Gasteiger partial charge < -0.3 is 5.32 Å². The van der Waals surface area contributed by atoms with Crippen molar-refractivity contribution in [3.8, 4) is 0 Å². The molecule has 0 bridgehead atoms. The molecule has 0 fully saturated rings. The second-order valence-electron chi connectivity index (χ2n) is 4.93. The van der Waals surface area contributed by atoms with E-state index < -0.39 is 16.1 Å². The Hall–Kier alpha value is -2.34. The molecule has 0 aliphatic carbocycles. The van der Waals surface area contributed by atoms with E-state index in [9.17, 15) is 13.2 Å². The summed E-state index contributed by atoms with van der Waals surface area (Å²) in [7, 11) is -2.59. The van der Waals surface area contributed by atoms with Gasteiger partial charge in [-0.2, -0.15) is 0 Å². The van der Waals surface area contributed by atoms with Crippen molar-refractivity contribution in [1.82, 2.24) is 9.62 Å². The zero-order chi connectivity index (χ0) is 16.2. The van der Waals surface area contributed by atoms with Gasteiger partial charge in [0.25, 0.3) is 10.0 Å². The lowest BCUT2D eigenvalue weighted by molar-refractivity contribution is 0.228. The molecule has 0 aromatic heterocycles. The van der Waals surface area contributed by atoms with E-state index in [1.54, 1.807) is 18.2 Å². The molecule has 0 radical (unpaired) electrons. The zero-order valence-electron chi connectivity index (χ0n) is 12.5. The number of rotatable bonds is 4. The Balaban J connectivity index is 2.04. The van der Waals surface area contributed by atoms with Gasteiger partial charge in [0.2, 0.25) is 0 Å². The Morgan fingerprint density at radius 1 is 1.05 bits per heavy atom. The highest BCUT2D eigenvalue weighted by molar-refractivity contribution is 7.89. The van der Waals surface area contributed by atoms with E-state index in [1.807, 2.05) is 31.2 Å². The Bertz CT molecular complexity index is 741. The van der Waals surface area contributed by atoms with Crippen molar-refractivity contribution in [3.05, 3.63) is 65.7 Å². The van der Waals surface area contributed by atoms with Crippen LogP contribution in [0.15, 0.2) is 59.5 Å². The third kappa shape index (κ3) is 3.65. The summed E-state index contributed by atoms with van der Waals surface area (Å²) < 4.78 is 25.3. The van der Waals surface area contributed by atoms with Crippen LogP contribution in [0.25, 0.3) is 0 Å². The lowest BCUT2D eigenvalue weighted by atomic mass is 10.1. The Morgan fingerprint density at radius 2 is 1.64 bits per heavy atom.